The Hall–Kier alpha value is -1.14. The van der Waals surface area contributed by atoms with E-state index in [2.05, 4.69) is 5.32 Å². The zero-order chi connectivity index (χ0) is 14.6. The number of carboxylic acid groups (broad SMARTS) is 1. The normalized spacial score (nSPS) is 33.9. The highest BCUT2D eigenvalue weighted by Gasteiger charge is 2.39. The summed E-state index contributed by atoms with van der Waals surface area (Å²) >= 11 is 0. The molecule has 1 heterocycles. The van der Waals surface area contributed by atoms with E-state index in [4.69, 9.17) is 9.47 Å². The second kappa shape index (κ2) is 6.54. The zero-order valence-corrected chi connectivity index (χ0v) is 11.9. The van der Waals surface area contributed by atoms with Gasteiger partial charge in [0.05, 0.1) is 18.4 Å². The molecule has 114 valence electrons. The minimum atomic E-state index is -0.865. The van der Waals surface area contributed by atoms with Gasteiger partial charge in [-0.2, -0.15) is 0 Å². The Morgan fingerprint density at radius 1 is 1.35 bits per heavy atom. The van der Waals surface area contributed by atoms with Crippen molar-refractivity contribution in [1.82, 2.24) is 5.32 Å². The lowest BCUT2D eigenvalue weighted by Crippen LogP contribution is -2.48. The molecule has 1 aliphatic heterocycles. The fourth-order valence-corrected chi connectivity index (χ4v) is 3.08. The third-order valence-corrected chi connectivity index (χ3v) is 4.50. The van der Waals surface area contributed by atoms with Crippen molar-refractivity contribution in [1.29, 1.82) is 0 Å². The van der Waals surface area contributed by atoms with Crippen LogP contribution in [0.5, 0.6) is 0 Å². The number of carbonyl (C=O) groups is 2. The summed E-state index contributed by atoms with van der Waals surface area (Å²) in [6.45, 7) is 1.48. The van der Waals surface area contributed by atoms with Crippen LogP contribution >= 0.6 is 0 Å². The first-order chi connectivity index (χ1) is 9.58. The van der Waals surface area contributed by atoms with Gasteiger partial charge in [-0.05, 0) is 12.8 Å². The molecular formula is C14H23NO5. The third kappa shape index (κ3) is 3.30. The molecule has 2 rings (SSSR count). The summed E-state index contributed by atoms with van der Waals surface area (Å²) in [7, 11) is 1.61. The molecule has 0 spiro atoms. The smallest absolute Gasteiger partial charge is 0.307 e. The van der Waals surface area contributed by atoms with E-state index in [0.29, 0.717) is 32.6 Å². The average Bonchev–Trinajstić information content (AvgIpc) is 2.94. The molecule has 0 aromatic heterocycles. The molecule has 1 saturated carbocycles. The summed E-state index contributed by atoms with van der Waals surface area (Å²) in [5, 5.41) is 12.1. The SMILES string of the molecule is COC1(CNC(=O)[C@@H]2CCCC[C@@H]2C(=O)O)CCOC1. The van der Waals surface area contributed by atoms with Gasteiger partial charge >= 0.3 is 5.97 Å². The fourth-order valence-electron chi connectivity index (χ4n) is 3.08. The molecule has 1 aliphatic carbocycles. The molecule has 2 N–H and O–H groups in total. The van der Waals surface area contributed by atoms with Crippen molar-refractivity contribution in [2.75, 3.05) is 26.9 Å². The van der Waals surface area contributed by atoms with Crippen molar-refractivity contribution in [3.05, 3.63) is 0 Å². The first kappa shape index (κ1) is 15.3. The minimum Gasteiger partial charge on any atom is -0.481 e. The van der Waals surface area contributed by atoms with Crippen LogP contribution < -0.4 is 5.32 Å². The highest BCUT2D eigenvalue weighted by molar-refractivity contribution is 5.84. The maximum Gasteiger partial charge on any atom is 0.307 e. The lowest BCUT2D eigenvalue weighted by molar-refractivity contribution is -0.149. The van der Waals surface area contributed by atoms with Gasteiger partial charge in [0.2, 0.25) is 5.91 Å². The molecule has 2 fully saturated rings. The van der Waals surface area contributed by atoms with Crippen LogP contribution in [0.4, 0.5) is 0 Å². The topological polar surface area (TPSA) is 84.9 Å². The van der Waals surface area contributed by atoms with Gasteiger partial charge in [0.15, 0.2) is 0 Å². The maximum absolute atomic E-state index is 12.3. The zero-order valence-electron chi connectivity index (χ0n) is 11.9. The van der Waals surface area contributed by atoms with Crippen LogP contribution in [-0.4, -0.2) is 49.5 Å². The Labute approximate surface area is 118 Å². The number of carboxylic acids is 1. The molecule has 3 atom stereocenters. The standard InChI is InChI=1S/C14H23NO5/c1-19-14(6-7-20-9-14)8-15-12(16)10-4-2-3-5-11(10)13(17)18/h10-11H,2-9H2,1H3,(H,15,16)(H,17,18)/t10-,11+,14?/m1/s1. The van der Waals surface area contributed by atoms with Crippen molar-refractivity contribution in [3.63, 3.8) is 0 Å². The Morgan fingerprint density at radius 2 is 2.05 bits per heavy atom. The van der Waals surface area contributed by atoms with Crippen molar-refractivity contribution in [2.24, 2.45) is 11.8 Å². The number of aliphatic carboxylic acids is 1. The number of methoxy groups -OCH3 is 1. The van der Waals surface area contributed by atoms with Gasteiger partial charge in [-0.3, -0.25) is 9.59 Å². The molecule has 0 aromatic rings. The Kier molecular flexibility index (Phi) is 4.99. The van der Waals surface area contributed by atoms with Crippen LogP contribution in [0.15, 0.2) is 0 Å². The van der Waals surface area contributed by atoms with Crippen molar-refractivity contribution < 1.29 is 24.2 Å². The summed E-state index contributed by atoms with van der Waals surface area (Å²) in [5.41, 5.74) is -0.455. The van der Waals surface area contributed by atoms with Crippen LogP contribution in [0.1, 0.15) is 32.1 Å². The molecule has 0 aromatic carbocycles. The summed E-state index contributed by atoms with van der Waals surface area (Å²) in [4.78, 5) is 23.5. The largest absolute Gasteiger partial charge is 0.481 e. The quantitative estimate of drug-likeness (QED) is 0.780. The van der Waals surface area contributed by atoms with Crippen molar-refractivity contribution in [2.45, 2.75) is 37.7 Å². The molecule has 0 bridgehead atoms. The molecular weight excluding hydrogens is 262 g/mol. The predicted octanol–water partition coefficient (Wildman–Crippen LogP) is 0.799. The minimum absolute atomic E-state index is 0.166. The Morgan fingerprint density at radius 3 is 2.60 bits per heavy atom. The first-order valence-corrected chi connectivity index (χ1v) is 7.21. The van der Waals surface area contributed by atoms with E-state index in [0.717, 1.165) is 19.3 Å². The highest BCUT2D eigenvalue weighted by atomic mass is 16.5. The second-order valence-corrected chi connectivity index (χ2v) is 5.74. The van der Waals surface area contributed by atoms with Gasteiger partial charge in [0.1, 0.15) is 5.60 Å². The lowest BCUT2D eigenvalue weighted by atomic mass is 9.78. The van der Waals surface area contributed by atoms with Gasteiger partial charge in [-0.25, -0.2) is 0 Å². The van der Waals surface area contributed by atoms with Crippen LogP contribution in [0.2, 0.25) is 0 Å². The van der Waals surface area contributed by atoms with E-state index in [1.54, 1.807) is 7.11 Å². The molecule has 0 radical (unpaired) electrons. The van der Waals surface area contributed by atoms with Crippen LogP contribution in [0.25, 0.3) is 0 Å². The lowest BCUT2D eigenvalue weighted by Gasteiger charge is -2.30. The highest BCUT2D eigenvalue weighted by Crippen LogP contribution is 2.30. The molecule has 2 aliphatic rings. The fraction of sp³-hybridized carbons (Fsp3) is 0.857. The van der Waals surface area contributed by atoms with Gasteiger partial charge < -0.3 is 19.9 Å². The van der Waals surface area contributed by atoms with Gasteiger partial charge in [0.25, 0.3) is 0 Å². The molecule has 20 heavy (non-hydrogen) atoms. The predicted molar refractivity (Wildman–Crippen MR) is 71.3 cm³/mol. The monoisotopic (exact) mass is 285 g/mol. The molecule has 1 unspecified atom stereocenters. The van der Waals surface area contributed by atoms with Crippen LogP contribution in [-0.2, 0) is 19.1 Å². The number of hydrogen-bond acceptors (Lipinski definition) is 4. The van der Waals surface area contributed by atoms with Crippen LogP contribution in [0, 0.1) is 11.8 Å². The van der Waals surface area contributed by atoms with Gasteiger partial charge in [-0.15, -0.1) is 0 Å². The number of carbonyl (C=O) groups excluding carboxylic acids is 1. The van der Waals surface area contributed by atoms with E-state index in [-0.39, 0.29) is 5.91 Å². The van der Waals surface area contributed by atoms with Crippen molar-refractivity contribution in [3.8, 4) is 0 Å². The third-order valence-electron chi connectivity index (χ3n) is 4.50. The molecule has 1 amide bonds. The molecule has 6 nitrogen and oxygen atoms in total. The van der Waals surface area contributed by atoms with Crippen LogP contribution in [0.3, 0.4) is 0 Å². The van der Waals surface area contributed by atoms with Gasteiger partial charge in [-0.1, -0.05) is 12.8 Å². The van der Waals surface area contributed by atoms with E-state index in [9.17, 15) is 14.7 Å². The summed E-state index contributed by atoms with van der Waals surface area (Å²) < 4.78 is 10.8. The molecule has 6 heteroatoms. The van der Waals surface area contributed by atoms with E-state index >= 15 is 0 Å². The van der Waals surface area contributed by atoms with E-state index in [1.807, 2.05) is 0 Å². The van der Waals surface area contributed by atoms with E-state index in [1.165, 1.54) is 0 Å². The second-order valence-electron chi connectivity index (χ2n) is 5.74. The number of rotatable bonds is 5. The number of hydrogen-bond donors (Lipinski definition) is 2. The summed E-state index contributed by atoms with van der Waals surface area (Å²) in [6, 6.07) is 0. The first-order valence-electron chi connectivity index (χ1n) is 7.21. The van der Waals surface area contributed by atoms with E-state index < -0.39 is 23.4 Å². The van der Waals surface area contributed by atoms with Crippen molar-refractivity contribution >= 4 is 11.9 Å². The number of amides is 1. The number of ether oxygens (including phenoxy) is 2. The summed E-state index contributed by atoms with van der Waals surface area (Å²) in [6.07, 6.45) is 3.79. The summed E-state index contributed by atoms with van der Waals surface area (Å²) in [5.74, 6) is -2.00. The number of nitrogens with one attached hydrogen (secondary N) is 1. The average molecular weight is 285 g/mol. The molecule has 1 saturated heterocycles. The maximum atomic E-state index is 12.3. The van der Waals surface area contributed by atoms with Gasteiger partial charge in [0, 0.05) is 26.7 Å². The Bertz CT molecular complexity index is 365. The Balaban J connectivity index is 1.91.